The van der Waals surface area contributed by atoms with Gasteiger partial charge in [-0.25, -0.2) is 4.39 Å². The van der Waals surface area contributed by atoms with Gasteiger partial charge in [0.05, 0.1) is 5.56 Å². The van der Waals surface area contributed by atoms with Crippen molar-refractivity contribution in [3.8, 4) is 0 Å². The highest BCUT2D eigenvalue weighted by molar-refractivity contribution is 9.10. The first kappa shape index (κ1) is 15.4. The van der Waals surface area contributed by atoms with Crippen LogP contribution in [0.4, 0.5) is 4.39 Å². The van der Waals surface area contributed by atoms with E-state index in [0.717, 1.165) is 32.4 Å². The van der Waals surface area contributed by atoms with Gasteiger partial charge in [0.2, 0.25) is 0 Å². The van der Waals surface area contributed by atoms with Crippen LogP contribution in [0.3, 0.4) is 0 Å². The molecule has 0 aliphatic carbocycles. The zero-order valence-electron chi connectivity index (χ0n) is 11.7. The van der Waals surface area contributed by atoms with Gasteiger partial charge in [0.1, 0.15) is 5.82 Å². The number of carbonyl (C=O) groups is 1. The summed E-state index contributed by atoms with van der Waals surface area (Å²) < 4.78 is 14.5. The van der Waals surface area contributed by atoms with Crippen LogP contribution in [0.25, 0.3) is 0 Å². The number of carbonyl (C=O) groups excluding carboxylic acids is 1. The van der Waals surface area contributed by atoms with E-state index in [1.54, 1.807) is 12.1 Å². The minimum Gasteiger partial charge on any atom is -0.334 e. The van der Waals surface area contributed by atoms with E-state index >= 15 is 0 Å². The van der Waals surface area contributed by atoms with Gasteiger partial charge in [-0.2, -0.15) is 0 Å². The Labute approximate surface area is 127 Å². The molecule has 110 valence electrons. The molecule has 1 heterocycles. The average molecular weight is 343 g/mol. The maximum Gasteiger partial charge on any atom is 0.258 e. The summed E-state index contributed by atoms with van der Waals surface area (Å²) in [6.45, 7) is 4.48. The summed E-state index contributed by atoms with van der Waals surface area (Å²) >= 11 is 3.29. The number of hydrogen-bond acceptors (Lipinski definition) is 2. The SMILES string of the molecule is CCCN(C(=O)c1c(F)cccc1Br)C1CCCNC1. The molecular weight excluding hydrogens is 323 g/mol. The minimum atomic E-state index is -0.464. The fourth-order valence-electron chi connectivity index (χ4n) is 2.64. The molecule has 1 N–H and O–H groups in total. The van der Waals surface area contributed by atoms with Crippen LogP contribution in [0.2, 0.25) is 0 Å². The molecule has 2 rings (SSSR count). The molecule has 3 nitrogen and oxygen atoms in total. The Morgan fingerprint density at radius 1 is 1.55 bits per heavy atom. The lowest BCUT2D eigenvalue weighted by molar-refractivity contribution is 0.0643. The summed E-state index contributed by atoms with van der Waals surface area (Å²) in [6.07, 6.45) is 2.90. The molecular formula is C15H20BrFN2O. The third-order valence-corrected chi connectivity index (χ3v) is 4.27. The number of piperidine rings is 1. The van der Waals surface area contributed by atoms with E-state index in [0.29, 0.717) is 11.0 Å². The fraction of sp³-hybridized carbons (Fsp3) is 0.533. The maximum absolute atomic E-state index is 14.0. The molecule has 1 atom stereocenters. The van der Waals surface area contributed by atoms with Gasteiger partial charge in [0.25, 0.3) is 5.91 Å². The highest BCUT2D eigenvalue weighted by atomic mass is 79.9. The standard InChI is InChI=1S/C15H20BrFN2O/c1-2-9-19(11-5-4-8-18-10-11)15(20)14-12(16)6-3-7-13(14)17/h3,6-7,11,18H,2,4-5,8-10H2,1H3. The number of nitrogens with one attached hydrogen (secondary N) is 1. The zero-order chi connectivity index (χ0) is 14.5. The Bertz CT molecular complexity index is 455. The molecule has 1 aromatic rings. The smallest absolute Gasteiger partial charge is 0.258 e. The summed E-state index contributed by atoms with van der Waals surface area (Å²) in [7, 11) is 0. The fourth-order valence-corrected chi connectivity index (χ4v) is 3.15. The Hall–Kier alpha value is -0.940. The molecule has 0 radical (unpaired) electrons. The summed E-state index contributed by atoms with van der Waals surface area (Å²) in [6, 6.07) is 4.80. The van der Waals surface area contributed by atoms with E-state index in [1.165, 1.54) is 6.07 Å². The number of rotatable bonds is 4. The van der Waals surface area contributed by atoms with Crippen LogP contribution < -0.4 is 5.32 Å². The van der Waals surface area contributed by atoms with E-state index in [9.17, 15) is 9.18 Å². The van der Waals surface area contributed by atoms with Crippen molar-refractivity contribution in [2.24, 2.45) is 0 Å². The monoisotopic (exact) mass is 342 g/mol. The van der Waals surface area contributed by atoms with Crippen LogP contribution in [0.5, 0.6) is 0 Å². The van der Waals surface area contributed by atoms with Crippen LogP contribution in [0, 0.1) is 5.82 Å². The molecule has 1 fully saturated rings. The number of halogens is 2. The van der Waals surface area contributed by atoms with Crippen LogP contribution >= 0.6 is 15.9 Å². The second-order valence-corrected chi connectivity index (χ2v) is 5.95. The van der Waals surface area contributed by atoms with Crippen molar-refractivity contribution in [3.05, 3.63) is 34.1 Å². The number of hydrogen-bond donors (Lipinski definition) is 1. The van der Waals surface area contributed by atoms with Gasteiger partial charge in [0, 0.05) is 23.6 Å². The van der Waals surface area contributed by atoms with Crippen molar-refractivity contribution in [2.45, 2.75) is 32.2 Å². The molecule has 1 saturated heterocycles. The largest absolute Gasteiger partial charge is 0.334 e. The van der Waals surface area contributed by atoms with E-state index in [-0.39, 0.29) is 17.5 Å². The van der Waals surface area contributed by atoms with Gasteiger partial charge in [-0.1, -0.05) is 13.0 Å². The molecule has 0 aromatic heterocycles. The van der Waals surface area contributed by atoms with Gasteiger partial charge in [-0.15, -0.1) is 0 Å². The van der Waals surface area contributed by atoms with Crippen molar-refractivity contribution in [3.63, 3.8) is 0 Å². The molecule has 20 heavy (non-hydrogen) atoms. The highest BCUT2D eigenvalue weighted by Crippen LogP contribution is 2.23. The molecule has 0 spiro atoms. The third kappa shape index (κ3) is 3.38. The van der Waals surface area contributed by atoms with Gasteiger partial charge >= 0.3 is 0 Å². The predicted molar refractivity (Wildman–Crippen MR) is 81.3 cm³/mol. The summed E-state index contributed by atoms with van der Waals surface area (Å²) in [4.78, 5) is 14.5. The second kappa shape index (κ2) is 7.18. The Morgan fingerprint density at radius 3 is 2.95 bits per heavy atom. The predicted octanol–water partition coefficient (Wildman–Crippen LogP) is 3.19. The molecule has 1 aliphatic rings. The lowest BCUT2D eigenvalue weighted by Crippen LogP contribution is -2.49. The van der Waals surface area contributed by atoms with E-state index in [2.05, 4.69) is 21.2 Å². The van der Waals surface area contributed by atoms with Crippen molar-refractivity contribution in [2.75, 3.05) is 19.6 Å². The lowest BCUT2D eigenvalue weighted by Gasteiger charge is -2.35. The first-order valence-corrected chi connectivity index (χ1v) is 7.90. The molecule has 1 amide bonds. The normalized spacial score (nSPS) is 18.9. The van der Waals surface area contributed by atoms with E-state index in [4.69, 9.17) is 0 Å². The van der Waals surface area contributed by atoms with Crippen LogP contribution in [0.15, 0.2) is 22.7 Å². The van der Waals surface area contributed by atoms with Crippen LogP contribution in [-0.4, -0.2) is 36.5 Å². The van der Waals surface area contributed by atoms with Crippen LogP contribution in [0.1, 0.15) is 36.5 Å². The average Bonchev–Trinajstić information content (AvgIpc) is 2.45. The summed E-state index contributed by atoms with van der Waals surface area (Å²) in [5, 5.41) is 3.31. The molecule has 0 bridgehead atoms. The van der Waals surface area contributed by atoms with Crippen LogP contribution in [-0.2, 0) is 0 Å². The quantitative estimate of drug-likeness (QED) is 0.911. The van der Waals surface area contributed by atoms with Gasteiger partial charge < -0.3 is 10.2 Å². The number of benzene rings is 1. The lowest BCUT2D eigenvalue weighted by atomic mass is 10.0. The first-order valence-electron chi connectivity index (χ1n) is 7.10. The number of nitrogens with zero attached hydrogens (tertiary/aromatic N) is 1. The third-order valence-electron chi connectivity index (χ3n) is 3.61. The molecule has 5 heteroatoms. The Morgan fingerprint density at radius 2 is 2.35 bits per heavy atom. The molecule has 0 saturated carbocycles. The van der Waals surface area contributed by atoms with Gasteiger partial charge in [-0.05, 0) is 53.9 Å². The summed E-state index contributed by atoms with van der Waals surface area (Å²) in [5.41, 5.74) is 0.145. The van der Waals surface area contributed by atoms with Crippen molar-refractivity contribution in [1.82, 2.24) is 10.2 Å². The minimum absolute atomic E-state index is 0.145. The van der Waals surface area contributed by atoms with Crippen molar-refractivity contribution >= 4 is 21.8 Å². The number of amides is 1. The van der Waals surface area contributed by atoms with E-state index in [1.807, 2.05) is 11.8 Å². The topological polar surface area (TPSA) is 32.3 Å². The Balaban J connectivity index is 2.26. The first-order chi connectivity index (χ1) is 9.65. The van der Waals surface area contributed by atoms with Crippen molar-refractivity contribution in [1.29, 1.82) is 0 Å². The van der Waals surface area contributed by atoms with Gasteiger partial charge in [-0.3, -0.25) is 4.79 Å². The maximum atomic E-state index is 14.0. The molecule has 1 unspecified atom stereocenters. The van der Waals surface area contributed by atoms with Gasteiger partial charge in [0.15, 0.2) is 0 Å². The molecule has 1 aliphatic heterocycles. The molecule has 1 aromatic carbocycles. The summed E-state index contributed by atoms with van der Waals surface area (Å²) in [5.74, 6) is -0.681. The van der Waals surface area contributed by atoms with E-state index < -0.39 is 5.82 Å². The second-order valence-electron chi connectivity index (χ2n) is 5.10. The highest BCUT2D eigenvalue weighted by Gasteiger charge is 2.28. The zero-order valence-corrected chi connectivity index (χ0v) is 13.2. The Kier molecular flexibility index (Phi) is 5.54. The van der Waals surface area contributed by atoms with Crippen molar-refractivity contribution < 1.29 is 9.18 Å².